The Balaban J connectivity index is 2.65. The standard InChI is InChI=1S/C11H9BrFNO2/c1-14-11(16)6-4-5-2-3-7(15)8(5)10(13)9(6)12/h4H,2-3H2,1H3,(H,14,16). The number of hydrogen-bond acceptors (Lipinski definition) is 2. The molecular formula is C11H9BrFNO2. The summed E-state index contributed by atoms with van der Waals surface area (Å²) < 4.78 is 13.9. The van der Waals surface area contributed by atoms with E-state index in [-0.39, 0.29) is 27.3 Å². The molecule has 0 saturated heterocycles. The molecule has 2 rings (SSSR count). The highest BCUT2D eigenvalue weighted by Crippen LogP contribution is 2.32. The Morgan fingerprint density at radius 3 is 2.81 bits per heavy atom. The molecule has 84 valence electrons. The predicted octanol–water partition coefficient (Wildman–Crippen LogP) is 2.08. The van der Waals surface area contributed by atoms with Gasteiger partial charge in [-0.2, -0.15) is 0 Å². The molecule has 1 N–H and O–H groups in total. The second-order valence-electron chi connectivity index (χ2n) is 3.59. The Hall–Kier alpha value is -1.23. The fourth-order valence-electron chi connectivity index (χ4n) is 1.85. The van der Waals surface area contributed by atoms with E-state index in [0.29, 0.717) is 18.4 Å². The Morgan fingerprint density at radius 2 is 2.19 bits per heavy atom. The summed E-state index contributed by atoms with van der Waals surface area (Å²) in [5.41, 5.74) is 0.970. The van der Waals surface area contributed by atoms with Crippen LogP contribution in [0.5, 0.6) is 0 Å². The van der Waals surface area contributed by atoms with Gasteiger partial charge in [0, 0.05) is 13.5 Å². The summed E-state index contributed by atoms with van der Waals surface area (Å²) >= 11 is 3.01. The van der Waals surface area contributed by atoms with E-state index in [4.69, 9.17) is 0 Å². The smallest absolute Gasteiger partial charge is 0.252 e. The van der Waals surface area contributed by atoms with E-state index in [0.717, 1.165) is 0 Å². The van der Waals surface area contributed by atoms with E-state index in [2.05, 4.69) is 21.2 Å². The Labute approximate surface area is 100 Å². The molecule has 5 heteroatoms. The van der Waals surface area contributed by atoms with Gasteiger partial charge in [0.1, 0.15) is 5.82 Å². The maximum absolute atomic E-state index is 13.9. The summed E-state index contributed by atoms with van der Waals surface area (Å²) in [7, 11) is 1.48. The average Bonchev–Trinajstić information content (AvgIpc) is 2.64. The fourth-order valence-corrected chi connectivity index (χ4v) is 2.34. The molecule has 1 aromatic rings. The molecule has 1 aliphatic rings. The van der Waals surface area contributed by atoms with E-state index < -0.39 is 5.82 Å². The number of nitrogens with one attached hydrogen (secondary N) is 1. The molecule has 16 heavy (non-hydrogen) atoms. The van der Waals surface area contributed by atoms with Crippen molar-refractivity contribution in [3.05, 3.63) is 33.0 Å². The van der Waals surface area contributed by atoms with Crippen molar-refractivity contribution in [1.82, 2.24) is 5.32 Å². The molecule has 0 aromatic heterocycles. The first-order chi connectivity index (χ1) is 7.56. The highest BCUT2D eigenvalue weighted by atomic mass is 79.9. The van der Waals surface area contributed by atoms with Crippen LogP contribution in [0.2, 0.25) is 0 Å². The maximum Gasteiger partial charge on any atom is 0.252 e. The van der Waals surface area contributed by atoms with Crippen LogP contribution >= 0.6 is 15.9 Å². The van der Waals surface area contributed by atoms with Gasteiger partial charge in [0.15, 0.2) is 5.78 Å². The second-order valence-corrected chi connectivity index (χ2v) is 4.38. The summed E-state index contributed by atoms with van der Waals surface area (Å²) in [5, 5.41) is 2.43. The number of hydrogen-bond donors (Lipinski definition) is 1. The minimum Gasteiger partial charge on any atom is -0.355 e. The van der Waals surface area contributed by atoms with Gasteiger partial charge in [0.2, 0.25) is 0 Å². The van der Waals surface area contributed by atoms with E-state index in [1.54, 1.807) is 6.07 Å². The molecule has 0 heterocycles. The quantitative estimate of drug-likeness (QED) is 0.859. The number of carbonyl (C=O) groups is 2. The summed E-state index contributed by atoms with van der Waals surface area (Å²) in [4.78, 5) is 22.9. The van der Waals surface area contributed by atoms with Gasteiger partial charge in [-0.3, -0.25) is 9.59 Å². The molecule has 0 radical (unpaired) electrons. The van der Waals surface area contributed by atoms with Gasteiger partial charge in [-0.05, 0) is 34.0 Å². The lowest BCUT2D eigenvalue weighted by Gasteiger charge is -2.08. The molecule has 0 unspecified atom stereocenters. The van der Waals surface area contributed by atoms with Crippen molar-refractivity contribution in [1.29, 1.82) is 0 Å². The van der Waals surface area contributed by atoms with Gasteiger partial charge in [0.05, 0.1) is 15.6 Å². The van der Waals surface area contributed by atoms with Crippen LogP contribution in [0.3, 0.4) is 0 Å². The zero-order valence-electron chi connectivity index (χ0n) is 8.56. The molecule has 0 fully saturated rings. The van der Waals surface area contributed by atoms with Gasteiger partial charge < -0.3 is 5.32 Å². The highest BCUT2D eigenvalue weighted by molar-refractivity contribution is 9.10. The number of benzene rings is 1. The van der Waals surface area contributed by atoms with Crippen LogP contribution < -0.4 is 5.32 Å². The third-order valence-electron chi connectivity index (χ3n) is 2.66. The van der Waals surface area contributed by atoms with Crippen LogP contribution in [-0.2, 0) is 6.42 Å². The molecule has 1 aromatic carbocycles. The summed E-state index contributed by atoms with van der Waals surface area (Å²) in [6.07, 6.45) is 0.818. The van der Waals surface area contributed by atoms with Crippen molar-refractivity contribution in [2.75, 3.05) is 7.05 Å². The van der Waals surface area contributed by atoms with E-state index in [9.17, 15) is 14.0 Å². The fraction of sp³-hybridized carbons (Fsp3) is 0.273. The van der Waals surface area contributed by atoms with Crippen molar-refractivity contribution in [2.45, 2.75) is 12.8 Å². The van der Waals surface area contributed by atoms with Crippen LogP contribution in [0.25, 0.3) is 0 Å². The Morgan fingerprint density at radius 1 is 1.50 bits per heavy atom. The first-order valence-electron chi connectivity index (χ1n) is 4.82. The van der Waals surface area contributed by atoms with Gasteiger partial charge in [-0.15, -0.1) is 0 Å². The van der Waals surface area contributed by atoms with Crippen LogP contribution in [-0.4, -0.2) is 18.7 Å². The minimum absolute atomic E-state index is 0.0563. The molecular weight excluding hydrogens is 277 g/mol. The first kappa shape index (κ1) is 11.3. The van der Waals surface area contributed by atoms with Crippen LogP contribution in [0.15, 0.2) is 10.5 Å². The van der Waals surface area contributed by atoms with Crippen molar-refractivity contribution < 1.29 is 14.0 Å². The van der Waals surface area contributed by atoms with E-state index >= 15 is 0 Å². The number of fused-ring (bicyclic) bond motifs is 1. The number of ketones is 1. The van der Waals surface area contributed by atoms with Crippen LogP contribution in [0.1, 0.15) is 32.7 Å². The number of amides is 1. The first-order valence-corrected chi connectivity index (χ1v) is 5.61. The molecule has 0 atom stereocenters. The monoisotopic (exact) mass is 285 g/mol. The zero-order valence-corrected chi connectivity index (χ0v) is 10.1. The van der Waals surface area contributed by atoms with E-state index in [1.165, 1.54) is 7.05 Å². The minimum atomic E-state index is -0.626. The lowest BCUT2D eigenvalue weighted by atomic mass is 10.0. The molecule has 0 bridgehead atoms. The molecule has 0 spiro atoms. The molecule has 0 aliphatic heterocycles. The number of rotatable bonds is 1. The van der Waals surface area contributed by atoms with Gasteiger partial charge in [-0.25, -0.2) is 4.39 Å². The van der Waals surface area contributed by atoms with Gasteiger partial charge >= 0.3 is 0 Å². The van der Waals surface area contributed by atoms with Crippen molar-refractivity contribution >= 4 is 27.6 Å². The van der Waals surface area contributed by atoms with Crippen molar-refractivity contribution in [3.63, 3.8) is 0 Å². The van der Waals surface area contributed by atoms with Gasteiger partial charge in [0.25, 0.3) is 5.91 Å². The molecule has 1 amide bonds. The third-order valence-corrected chi connectivity index (χ3v) is 3.44. The molecule has 1 aliphatic carbocycles. The SMILES string of the molecule is CNC(=O)c1cc2c(c(F)c1Br)C(=O)CC2. The highest BCUT2D eigenvalue weighted by Gasteiger charge is 2.28. The second kappa shape index (κ2) is 3.97. The summed E-state index contributed by atoms with van der Waals surface area (Å²) in [6, 6.07) is 1.58. The number of halogens is 2. The normalized spacial score (nSPS) is 13.8. The van der Waals surface area contributed by atoms with Gasteiger partial charge in [-0.1, -0.05) is 0 Å². The molecule has 3 nitrogen and oxygen atoms in total. The third kappa shape index (κ3) is 1.55. The zero-order chi connectivity index (χ0) is 11.9. The van der Waals surface area contributed by atoms with Crippen LogP contribution in [0.4, 0.5) is 4.39 Å². The number of carbonyl (C=O) groups excluding carboxylic acids is 2. The largest absolute Gasteiger partial charge is 0.355 e. The summed E-state index contributed by atoms with van der Waals surface area (Å²) in [6.45, 7) is 0. The summed E-state index contributed by atoms with van der Waals surface area (Å²) in [5.74, 6) is -1.19. The topological polar surface area (TPSA) is 46.2 Å². The number of Topliss-reactive ketones (excluding diaryl/α,β-unsaturated/α-hetero) is 1. The number of aryl methyl sites for hydroxylation is 1. The Bertz CT molecular complexity index is 499. The van der Waals surface area contributed by atoms with Crippen molar-refractivity contribution in [3.8, 4) is 0 Å². The lowest BCUT2D eigenvalue weighted by Crippen LogP contribution is -2.19. The van der Waals surface area contributed by atoms with Crippen LogP contribution in [0, 0.1) is 5.82 Å². The maximum atomic E-state index is 13.9. The van der Waals surface area contributed by atoms with Crippen molar-refractivity contribution in [2.24, 2.45) is 0 Å². The predicted molar refractivity (Wildman–Crippen MR) is 60.1 cm³/mol. The Kier molecular flexibility index (Phi) is 2.80. The average molecular weight is 286 g/mol. The molecule has 0 saturated carbocycles. The van der Waals surface area contributed by atoms with E-state index in [1.807, 2.05) is 0 Å². The lowest BCUT2D eigenvalue weighted by molar-refractivity contribution is 0.0957.